The van der Waals surface area contributed by atoms with Crippen LogP contribution >= 0.6 is 11.6 Å². The van der Waals surface area contributed by atoms with Gasteiger partial charge in [-0.15, -0.1) is 0 Å². The number of aliphatic imine (C=N–C) groups is 1. The normalized spacial score (nSPS) is 10.8. The summed E-state index contributed by atoms with van der Waals surface area (Å²) in [6, 6.07) is 21.4. The molecule has 0 saturated carbocycles. The van der Waals surface area contributed by atoms with Crippen molar-refractivity contribution in [3.63, 3.8) is 0 Å². The lowest BCUT2D eigenvalue weighted by Crippen LogP contribution is -2.07. The Morgan fingerprint density at radius 1 is 1.00 bits per heavy atom. The van der Waals surface area contributed by atoms with E-state index in [1.807, 2.05) is 24.3 Å². The van der Waals surface area contributed by atoms with Crippen LogP contribution in [-0.4, -0.2) is 18.8 Å². The molecule has 148 valence electrons. The highest BCUT2D eigenvalue weighted by atomic mass is 35.5. The summed E-state index contributed by atoms with van der Waals surface area (Å²) in [5.41, 5.74) is 2.15. The van der Waals surface area contributed by atoms with Crippen LogP contribution in [0.4, 0.5) is 5.69 Å². The summed E-state index contributed by atoms with van der Waals surface area (Å²) in [6.45, 7) is 2.87. The highest BCUT2D eigenvalue weighted by Gasteiger charge is 2.08. The van der Waals surface area contributed by atoms with Crippen molar-refractivity contribution in [1.29, 1.82) is 0 Å². The molecule has 0 radical (unpaired) electrons. The number of nitrogens with zero attached hydrogens (tertiary/aromatic N) is 1. The van der Waals surface area contributed by atoms with Crippen molar-refractivity contribution in [3.8, 4) is 11.5 Å². The van der Waals surface area contributed by atoms with Gasteiger partial charge in [0.15, 0.2) is 0 Å². The zero-order valence-corrected chi connectivity index (χ0v) is 16.9. The summed E-state index contributed by atoms with van der Waals surface area (Å²) >= 11 is 5.90. The van der Waals surface area contributed by atoms with E-state index >= 15 is 0 Å². The topological polar surface area (TPSA) is 47.9 Å². The number of ether oxygens (including phenoxy) is 2. The molecule has 0 fully saturated rings. The van der Waals surface area contributed by atoms with Crippen molar-refractivity contribution in [1.82, 2.24) is 0 Å². The Bertz CT molecular complexity index is 966. The second kappa shape index (κ2) is 10.4. The maximum atomic E-state index is 12.2. The Morgan fingerprint density at radius 3 is 2.45 bits per heavy atom. The number of unbranched alkanes of at least 4 members (excludes halogenated alkanes) is 1. The van der Waals surface area contributed by atoms with E-state index in [1.165, 1.54) is 0 Å². The summed E-state index contributed by atoms with van der Waals surface area (Å²) in [6.07, 6.45) is 3.93. The van der Waals surface area contributed by atoms with E-state index in [4.69, 9.17) is 21.1 Å². The summed E-state index contributed by atoms with van der Waals surface area (Å²) in [4.78, 5) is 16.7. The van der Waals surface area contributed by atoms with Crippen molar-refractivity contribution >= 4 is 29.5 Å². The van der Waals surface area contributed by atoms with Gasteiger partial charge in [-0.05, 0) is 78.7 Å². The predicted octanol–water partition coefficient (Wildman–Crippen LogP) is 6.49. The van der Waals surface area contributed by atoms with Gasteiger partial charge in [-0.1, -0.05) is 31.0 Å². The summed E-state index contributed by atoms with van der Waals surface area (Å²) in [7, 11) is 0. The Morgan fingerprint density at radius 2 is 1.76 bits per heavy atom. The molecule has 0 aliphatic rings. The summed E-state index contributed by atoms with van der Waals surface area (Å²) < 4.78 is 11.0. The van der Waals surface area contributed by atoms with Gasteiger partial charge in [-0.25, -0.2) is 4.79 Å². The molecule has 0 bridgehead atoms. The molecule has 0 aliphatic carbocycles. The number of esters is 1. The minimum absolute atomic E-state index is 0.409. The number of rotatable bonds is 8. The first-order valence-electron chi connectivity index (χ1n) is 9.49. The van der Waals surface area contributed by atoms with Crippen LogP contribution in [-0.2, 0) is 0 Å². The molecule has 0 aliphatic heterocycles. The molecular formula is C24H22ClNO3. The summed E-state index contributed by atoms with van der Waals surface area (Å²) in [5, 5.41) is 0.514. The number of carbonyl (C=O) groups is 1. The minimum Gasteiger partial charge on any atom is -0.494 e. The van der Waals surface area contributed by atoms with E-state index in [0.29, 0.717) is 16.3 Å². The number of benzene rings is 3. The lowest BCUT2D eigenvalue weighted by Gasteiger charge is -2.05. The van der Waals surface area contributed by atoms with E-state index < -0.39 is 5.97 Å². The van der Waals surface area contributed by atoms with Gasteiger partial charge >= 0.3 is 5.97 Å². The highest BCUT2D eigenvalue weighted by Crippen LogP contribution is 2.20. The second-order valence-corrected chi connectivity index (χ2v) is 6.86. The fourth-order valence-electron chi connectivity index (χ4n) is 2.51. The van der Waals surface area contributed by atoms with E-state index in [-0.39, 0.29) is 0 Å². The molecule has 3 aromatic carbocycles. The van der Waals surface area contributed by atoms with Gasteiger partial charge in [0.2, 0.25) is 0 Å². The van der Waals surface area contributed by atoms with E-state index in [0.717, 1.165) is 36.4 Å². The molecular weight excluding hydrogens is 386 g/mol. The van der Waals surface area contributed by atoms with Crippen molar-refractivity contribution in [2.75, 3.05) is 6.61 Å². The quantitative estimate of drug-likeness (QED) is 0.185. The molecule has 0 amide bonds. The lowest BCUT2D eigenvalue weighted by molar-refractivity contribution is 0.0735. The van der Waals surface area contributed by atoms with E-state index in [2.05, 4.69) is 11.9 Å². The third kappa shape index (κ3) is 6.47. The molecule has 3 rings (SSSR count). The molecule has 29 heavy (non-hydrogen) atoms. The Hall–Kier alpha value is -3.11. The SMILES string of the molecule is CCCCOc1ccc(C=Nc2ccc(C(=O)Oc3cccc(Cl)c3)cc2)cc1. The first kappa shape index (κ1) is 20.6. The molecule has 0 heterocycles. The average Bonchev–Trinajstić information content (AvgIpc) is 2.74. The average molecular weight is 408 g/mol. The van der Waals surface area contributed by atoms with Crippen LogP contribution in [0.15, 0.2) is 77.8 Å². The zero-order chi connectivity index (χ0) is 20.5. The maximum absolute atomic E-state index is 12.2. The molecule has 4 nitrogen and oxygen atoms in total. The van der Waals surface area contributed by atoms with Gasteiger partial charge in [0.25, 0.3) is 0 Å². The van der Waals surface area contributed by atoms with Gasteiger partial charge in [0.1, 0.15) is 11.5 Å². The fourth-order valence-corrected chi connectivity index (χ4v) is 2.69. The maximum Gasteiger partial charge on any atom is 0.343 e. The third-order valence-electron chi connectivity index (χ3n) is 4.12. The highest BCUT2D eigenvalue weighted by molar-refractivity contribution is 6.30. The van der Waals surface area contributed by atoms with Crippen LogP contribution in [0.5, 0.6) is 11.5 Å². The Balaban J connectivity index is 1.57. The van der Waals surface area contributed by atoms with Crippen LogP contribution in [0.25, 0.3) is 0 Å². The van der Waals surface area contributed by atoms with Crippen LogP contribution in [0.3, 0.4) is 0 Å². The van der Waals surface area contributed by atoms with Crippen LogP contribution in [0.1, 0.15) is 35.7 Å². The van der Waals surface area contributed by atoms with Gasteiger partial charge in [-0.2, -0.15) is 0 Å². The van der Waals surface area contributed by atoms with Crippen molar-refractivity contribution in [2.24, 2.45) is 4.99 Å². The van der Waals surface area contributed by atoms with Gasteiger partial charge in [0, 0.05) is 11.2 Å². The fraction of sp³-hybridized carbons (Fsp3) is 0.167. The Labute approximate surface area is 175 Å². The number of halogens is 1. The van der Waals surface area contributed by atoms with E-state index in [1.54, 1.807) is 54.7 Å². The standard InChI is InChI=1S/C24H22ClNO3/c1-2-3-15-28-22-13-7-18(8-14-22)17-26-21-11-9-19(10-12-21)24(27)29-23-6-4-5-20(25)16-23/h4-14,16-17H,2-3,15H2,1H3. The lowest BCUT2D eigenvalue weighted by atomic mass is 10.2. The summed E-state index contributed by atoms with van der Waals surface area (Å²) in [5.74, 6) is 0.825. The van der Waals surface area contributed by atoms with Crippen molar-refractivity contribution in [2.45, 2.75) is 19.8 Å². The molecule has 0 atom stereocenters. The van der Waals surface area contributed by atoms with Gasteiger partial charge in [-0.3, -0.25) is 4.99 Å². The van der Waals surface area contributed by atoms with Crippen LogP contribution in [0, 0.1) is 0 Å². The first-order valence-corrected chi connectivity index (χ1v) is 9.86. The van der Waals surface area contributed by atoms with Crippen molar-refractivity contribution in [3.05, 3.63) is 88.9 Å². The number of hydrogen-bond acceptors (Lipinski definition) is 4. The minimum atomic E-state index is -0.443. The van der Waals surface area contributed by atoms with Crippen LogP contribution < -0.4 is 9.47 Å². The number of carbonyl (C=O) groups excluding carboxylic acids is 1. The molecule has 0 aromatic heterocycles. The largest absolute Gasteiger partial charge is 0.494 e. The number of hydrogen-bond donors (Lipinski definition) is 0. The van der Waals surface area contributed by atoms with Gasteiger partial charge in [0.05, 0.1) is 17.9 Å². The molecule has 0 spiro atoms. The molecule has 0 saturated heterocycles. The smallest absolute Gasteiger partial charge is 0.343 e. The molecule has 3 aromatic rings. The molecule has 0 N–H and O–H groups in total. The van der Waals surface area contributed by atoms with Gasteiger partial charge < -0.3 is 9.47 Å². The molecule has 0 unspecified atom stereocenters. The third-order valence-corrected chi connectivity index (χ3v) is 4.35. The molecule has 5 heteroatoms. The monoisotopic (exact) mass is 407 g/mol. The van der Waals surface area contributed by atoms with Crippen molar-refractivity contribution < 1.29 is 14.3 Å². The predicted molar refractivity (Wildman–Crippen MR) is 117 cm³/mol. The first-order chi connectivity index (χ1) is 14.1. The van der Waals surface area contributed by atoms with Crippen LogP contribution in [0.2, 0.25) is 5.02 Å². The Kier molecular flexibility index (Phi) is 7.42. The zero-order valence-electron chi connectivity index (χ0n) is 16.2. The second-order valence-electron chi connectivity index (χ2n) is 6.42. The van der Waals surface area contributed by atoms with E-state index in [9.17, 15) is 4.79 Å².